The molecule has 264 valence electrons. The van der Waals surface area contributed by atoms with Gasteiger partial charge in [0.2, 0.25) is 0 Å². The molecule has 0 radical (unpaired) electrons. The van der Waals surface area contributed by atoms with Crippen molar-refractivity contribution in [3.05, 3.63) is 203 Å². The van der Waals surface area contributed by atoms with Crippen molar-refractivity contribution in [1.29, 1.82) is 0 Å². The van der Waals surface area contributed by atoms with E-state index >= 15 is 0 Å². The monoisotopic (exact) mass is 712 g/mol. The Kier molecular flexibility index (Phi) is 6.45. The highest BCUT2D eigenvalue weighted by Gasteiger charge is 2.46. The summed E-state index contributed by atoms with van der Waals surface area (Å²) in [6.07, 6.45) is 28.2. The zero-order chi connectivity index (χ0) is 36.5. The van der Waals surface area contributed by atoms with Gasteiger partial charge < -0.3 is 0 Å². The Bertz CT molecular complexity index is 3020. The second-order valence-electron chi connectivity index (χ2n) is 16.8. The lowest BCUT2D eigenvalue weighted by Crippen LogP contribution is -2.23. The molecule has 7 aliphatic rings. The van der Waals surface area contributed by atoms with Crippen molar-refractivity contribution < 1.29 is 0 Å². The van der Waals surface area contributed by atoms with Crippen LogP contribution in [0.25, 0.3) is 77.2 Å². The molecule has 6 aromatic carbocycles. The van der Waals surface area contributed by atoms with Gasteiger partial charge in [0, 0.05) is 17.8 Å². The molecule has 13 rings (SSSR count). The molecule has 0 aromatic heterocycles. The van der Waals surface area contributed by atoms with E-state index in [0.717, 1.165) is 19.3 Å². The minimum absolute atomic E-state index is 0.290. The van der Waals surface area contributed by atoms with Crippen molar-refractivity contribution in [3.63, 3.8) is 0 Å². The number of hydrogen-bond acceptors (Lipinski definition) is 0. The van der Waals surface area contributed by atoms with E-state index in [1.54, 1.807) is 16.7 Å². The summed E-state index contributed by atoms with van der Waals surface area (Å²) in [5.74, 6) is 1.04. The molecule has 0 spiro atoms. The van der Waals surface area contributed by atoms with Crippen LogP contribution in [0.15, 0.2) is 192 Å². The molecule has 0 fully saturated rings. The molecule has 0 aliphatic heterocycles. The van der Waals surface area contributed by atoms with Gasteiger partial charge in [-0.2, -0.15) is 0 Å². The van der Waals surface area contributed by atoms with Crippen molar-refractivity contribution in [2.45, 2.75) is 32.1 Å². The van der Waals surface area contributed by atoms with Crippen molar-refractivity contribution in [2.24, 2.45) is 17.8 Å². The minimum atomic E-state index is 0.290. The smallest absolute Gasteiger partial charge is 0.0206 e. The first kappa shape index (κ1) is 31.0. The van der Waals surface area contributed by atoms with Gasteiger partial charge in [-0.25, -0.2) is 0 Å². The number of rotatable bonds is 3. The molecular formula is C56H40. The standard InChI is InChI=1S/C56H40/c1-3-15-34(16-4-1)50-49-32-47-42-22-10-9-21-41(42)44-25-13-26-45(52(44)47)54(49)51(35-17-5-2-6-18-35)56-48-31-37-30-36(39-23-11-19-33-14-7-8-20-38(33)39)28-29-40(37)43-24-12-27-46(53(43)48)55(50)56/h1-7,9-10,12-18,21-29,31-32,36,43,53H,8,11,19-20,30H2. The summed E-state index contributed by atoms with van der Waals surface area (Å²) in [5, 5.41) is 5.48. The van der Waals surface area contributed by atoms with E-state index < -0.39 is 0 Å². The van der Waals surface area contributed by atoms with Gasteiger partial charge in [0.1, 0.15) is 0 Å². The highest BCUT2D eigenvalue weighted by atomic mass is 14.5. The first-order chi connectivity index (χ1) is 27.8. The normalized spacial score (nSPS) is 22.1. The number of fused-ring (bicyclic) bond motifs is 9. The third kappa shape index (κ3) is 4.14. The molecule has 0 heterocycles. The van der Waals surface area contributed by atoms with Crippen LogP contribution in [0.1, 0.15) is 43.2 Å². The van der Waals surface area contributed by atoms with E-state index in [0.29, 0.717) is 17.8 Å². The molecule has 0 heteroatoms. The average molecular weight is 713 g/mol. The predicted octanol–water partition coefficient (Wildman–Crippen LogP) is 14.8. The number of benzene rings is 6. The van der Waals surface area contributed by atoms with Gasteiger partial charge in [-0.3, -0.25) is 0 Å². The van der Waals surface area contributed by atoms with Crippen LogP contribution >= 0.6 is 0 Å². The SMILES string of the molecule is C1=CC2C3=C(C=C4c5c(c(-c6ccccc6)c6cc7c8c(cccc8c6c5-c5ccccc5)-c5ccccc5-7)C(=C1)C42)CC(C1=CCCC2=C1CCC=C2)C=C3. The van der Waals surface area contributed by atoms with Crippen LogP contribution in [-0.2, 0) is 0 Å². The van der Waals surface area contributed by atoms with Gasteiger partial charge in [0.25, 0.3) is 0 Å². The summed E-state index contributed by atoms with van der Waals surface area (Å²) >= 11 is 0. The lowest BCUT2D eigenvalue weighted by atomic mass is 9.67. The Morgan fingerprint density at radius 3 is 2.11 bits per heavy atom. The van der Waals surface area contributed by atoms with Crippen molar-refractivity contribution in [1.82, 2.24) is 0 Å². The molecule has 0 bridgehead atoms. The van der Waals surface area contributed by atoms with E-state index in [1.165, 1.54) is 112 Å². The fourth-order valence-corrected chi connectivity index (χ4v) is 11.9. The Balaban J connectivity index is 1.13. The molecule has 0 nitrogen and oxygen atoms in total. The van der Waals surface area contributed by atoms with Crippen LogP contribution in [0.3, 0.4) is 0 Å². The lowest BCUT2D eigenvalue weighted by Gasteiger charge is -2.37. The Labute approximate surface area is 328 Å². The molecular weight excluding hydrogens is 673 g/mol. The Hall–Kier alpha value is -6.24. The lowest BCUT2D eigenvalue weighted by molar-refractivity contribution is 0.633. The van der Waals surface area contributed by atoms with Crippen LogP contribution in [0.4, 0.5) is 0 Å². The topological polar surface area (TPSA) is 0 Å². The molecule has 6 aromatic rings. The fourth-order valence-electron chi connectivity index (χ4n) is 11.9. The van der Waals surface area contributed by atoms with Gasteiger partial charge in [-0.1, -0.05) is 158 Å². The van der Waals surface area contributed by atoms with E-state index in [2.05, 4.69) is 164 Å². The summed E-state index contributed by atoms with van der Waals surface area (Å²) in [5.41, 5.74) is 24.5. The van der Waals surface area contributed by atoms with Crippen LogP contribution in [0.5, 0.6) is 0 Å². The molecule has 56 heavy (non-hydrogen) atoms. The Morgan fingerprint density at radius 1 is 0.518 bits per heavy atom. The molecule has 3 atom stereocenters. The van der Waals surface area contributed by atoms with Gasteiger partial charge in [-0.05, 0) is 154 Å². The summed E-state index contributed by atoms with van der Waals surface area (Å²) in [6.45, 7) is 0. The molecule has 0 saturated heterocycles. The maximum Gasteiger partial charge on any atom is 0.0206 e. The zero-order valence-electron chi connectivity index (χ0n) is 31.4. The quantitative estimate of drug-likeness (QED) is 0.160. The number of hydrogen-bond donors (Lipinski definition) is 0. The largest absolute Gasteiger partial charge is 0.0839 e. The summed E-state index contributed by atoms with van der Waals surface area (Å²) in [6, 6.07) is 41.3. The van der Waals surface area contributed by atoms with Crippen LogP contribution < -0.4 is 0 Å². The third-order valence-corrected chi connectivity index (χ3v) is 14.1. The van der Waals surface area contributed by atoms with Gasteiger partial charge in [0.05, 0.1) is 0 Å². The molecule has 3 unspecified atom stereocenters. The Morgan fingerprint density at radius 2 is 1.27 bits per heavy atom. The average Bonchev–Trinajstić information content (AvgIpc) is 3.77. The summed E-state index contributed by atoms with van der Waals surface area (Å²) in [7, 11) is 0. The molecule has 0 saturated carbocycles. The molecule has 7 aliphatic carbocycles. The van der Waals surface area contributed by atoms with E-state index in [4.69, 9.17) is 0 Å². The van der Waals surface area contributed by atoms with Gasteiger partial charge >= 0.3 is 0 Å². The minimum Gasteiger partial charge on any atom is -0.0839 e. The van der Waals surface area contributed by atoms with Crippen molar-refractivity contribution in [2.75, 3.05) is 0 Å². The van der Waals surface area contributed by atoms with Crippen molar-refractivity contribution in [3.8, 4) is 44.5 Å². The summed E-state index contributed by atoms with van der Waals surface area (Å²) in [4.78, 5) is 0. The van der Waals surface area contributed by atoms with Crippen molar-refractivity contribution >= 4 is 32.7 Å². The van der Waals surface area contributed by atoms with Crippen LogP contribution in [0.2, 0.25) is 0 Å². The van der Waals surface area contributed by atoms with Crippen LogP contribution in [-0.4, -0.2) is 0 Å². The van der Waals surface area contributed by atoms with E-state index in [-0.39, 0.29) is 0 Å². The maximum atomic E-state index is 2.67. The van der Waals surface area contributed by atoms with E-state index in [9.17, 15) is 0 Å². The second-order valence-corrected chi connectivity index (χ2v) is 16.8. The van der Waals surface area contributed by atoms with E-state index in [1.807, 2.05) is 0 Å². The first-order valence-electron chi connectivity index (χ1n) is 20.7. The fraction of sp³-hybridized carbons (Fsp3) is 0.143. The molecule has 0 amide bonds. The highest BCUT2D eigenvalue weighted by Crippen LogP contribution is 2.64. The van der Waals surface area contributed by atoms with Gasteiger partial charge in [0.15, 0.2) is 0 Å². The first-order valence-corrected chi connectivity index (χ1v) is 20.7. The zero-order valence-corrected chi connectivity index (χ0v) is 31.4. The second kappa shape index (κ2) is 11.6. The van der Waals surface area contributed by atoms with Crippen LogP contribution in [0, 0.1) is 17.8 Å². The predicted molar refractivity (Wildman–Crippen MR) is 236 cm³/mol. The third-order valence-electron chi connectivity index (χ3n) is 14.1. The molecule has 0 N–H and O–H groups in total. The highest BCUT2D eigenvalue weighted by molar-refractivity contribution is 6.31. The maximum absolute atomic E-state index is 2.67. The van der Waals surface area contributed by atoms with Gasteiger partial charge in [-0.15, -0.1) is 0 Å². The summed E-state index contributed by atoms with van der Waals surface area (Å²) < 4.78 is 0. The number of allylic oxidation sites excluding steroid dienone is 16.